The van der Waals surface area contributed by atoms with Gasteiger partial charge in [-0.15, -0.1) is 0 Å². The van der Waals surface area contributed by atoms with Crippen LogP contribution in [0, 0.1) is 38.0 Å². The van der Waals surface area contributed by atoms with Gasteiger partial charge in [-0.1, -0.05) is 0 Å². The van der Waals surface area contributed by atoms with E-state index in [1.54, 1.807) is 26.8 Å². The Labute approximate surface area is 121 Å². The minimum atomic E-state index is -3.65. The summed E-state index contributed by atoms with van der Waals surface area (Å²) in [4.78, 5) is 0.252. The number of nitrogens with two attached hydrogens (primary N) is 1. The van der Waals surface area contributed by atoms with E-state index < -0.39 is 10.0 Å². The first-order chi connectivity index (χ1) is 9.12. The van der Waals surface area contributed by atoms with Gasteiger partial charge in [0.2, 0.25) is 10.0 Å². The first kappa shape index (κ1) is 16.5. The van der Waals surface area contributed by atoms with E-state index >= 15 is 0 Å². The third-order valence-electron chi connectivity index (χ3n) is 3.50. The Bertz CT molecular complexity index is 634. The van der Waals surface area contributed by atoms with Gasteiger partial charge in [-0.25, -0.2) is 8.42 Å². The van der Waals surface area contributed by atoms with Gasteiger partial charge in [0, 0.05) is 19.3 Å². The van der Waals surface area contributed by atoms with Crippen LogP contribution in [0.4, 0.5) is 5.69 Å². The van der Waals surface area contributed by atoms with Gasteiger partial charge >= 0.3 is 0 Å². The monoisotopic (exact) mass is 295 g/mol. The van der Waals surface area contributed by atoms with Gasteiger partial charge in [-0.05, 0) is 50.5 Å². The molecule has 0 saturated heterocycles. The molecule has 1 atom stereocenters. The van der Waals surface area contributed by atoms with Gasteiger partial charge in [0.25, 0.3) is 0 Å². The molecule has 0 radical (unpaired) electrons. The molecule has 0 aliphatic carbocycles. The molecule has 5 nitrogen and oxygen atoms in total. The third kappa shape index (κ3) is 2.94. The predicted octanol–water partition coefficient (Wildman–Crippen LogP) is 1.97. The van der Waals surface area contributed by atoms with Crippen molar-refractivity contribution in [3.8, 4) is 6.07 Å². The highest BCUT2D eigenvalue weighted by molar-refractivity contribution is 7.89. The van der Waals surface area contributed by atoms with Gasteiger partial charge in [-0.2, -0.15) is 9.57 Å². The second-order valence-corrected chi connectivity index (χ2v) is 7.16. The quantitative estimate of drug-likeness (QED) is 0.860. The summed E-state index contributed by atoms with van der Waals surface area (Å²) in [5.74, 6) is -0.363. The molecule has 0 aliphatic rings. The number of hydrogen-bond donors (Lipinski definition) is 1. The van der Waals surface area contributed by atoms with Crippen molar-refractivity contribution < 1.29 is 8.42 Å². The number of hydrogen-bond acceptors (Lipinski definition) is 4. The molecule has 0 spiro atoms. The fourth-order valence-corrected chi connectivity index (χ4v) is 3.89. The van der Waals surface area contributed by atoms with Crippen molar-refractivity contribution >= 4 is 15.7 Å². The lowest BCUT2D eigenvalue weighted by atomic mass is 10.1. The van der Waals surface area contributed by atoms with E-state index in [2.05, 4.69) is 0 Å². The largest absolute Gasteiger partial charge is 0.398 e. The van der Waals surface area contributed by atoms with Crippen LogP contribution in [0.3, 0.4) is 0 Å². The predicted molar refractivity (Wildman–Crippen MR) is 79.7 cm³/mol. The second kappa shape index (κ2) is 5.81. The number of nitrogen functional groups attached to an aromatic ring is 1. The first-order valence-corrected chi connectivity index (χ1v) is 7.79. The molecule has 0 aromatic heterocycles. The van der Waals surface area contributed by atoms with E-state index in [-0.39, 0.29) is 17.4 Å². The summed E-state index contributed by atoms with van der Waals surface area (Å²) in [6.45, 7) is 7.16. The zero-order valence-corrected chi connectivity index (χ0v) is 13.4. The molecule has 0 saturated carbocycles. The molecule has 0 amide bonds. The maximum absolute atomic E-state index is 12.7. The molecule has 0 aliphatic heterocycles. The highest BCUT2D eigenvalue weighted by Crippen LogP contribution is 2.29. The molecular weight excluding hydrogens is 274 g/mol. The summed E-state index contributed by atoms with van der Waals surface area (Å²) in [5.41, 5.74) is 8.45. The first-order valence-electron chi connectivity index (χ1n) is 6.35. The molecule has 0 heterocycles. The second-order valence-electron chi connectivity index (χ2n) is 5.18. The zero-order valence-electron chi connectivity index (χ0n) is 12.6. The van der Waals surface area contributed by atoms with Crippen LogP contribution in [0.1, 0.15) is 23.6 Å². The summed E-state index contributed by atoms with van der Waals surface area (Å²) < 4.78 is 26.6. The highest BCUT2D eigenvalue weighted by atomic mass is 32.2. The van der Waals surface area contributed by atoms with Crippen molar-refractivity contribution in [3.05, 3.63) is 22.8 Å². The summed E-state index contributed by atoms with van der Waals surface area (Å²) in [7, 11) is -2.16. The smallest absolute Gasteiger partial charge is 0.243 e. The minimum absolute atomic E-state index is 0.158. The van der Waals surface area contributed by atoms with Crippen LogP contribution in [-0.2, 0) is 10.0 Å². The topological polar surface area (TPSA) is 87.2 Å². The molecule has 0 fully saturated rings. The number of aryl methyl sites for hydroxylation is 1. The van der Waals surface area contributed by atoms with E-state index in [0.29, 0.717) is 16.8 Å². The maximum Gasteiger partial charge on any atom is 0.243 e. The molecule has 1 aromatic carbocycles. The lowest BCUT2D eigenvalue weighted by Crippen LogP contribution is -2.32. The highest BCUT2D eigenvalue weighted by Gasteiger charge is 2.27. The van der Waals surface area contributed by atoms with Crippen LogP contribution in [-0.4, -0.2) is 26.3 Å². The maximum atomic E-state index is 12.7. The number of rotatable bonds is 4. The van der Waals surface area contributed by atoms with Crippen LogP contribution < -0.4 is 5.73 Å². The van der Waals surface area contributed by atoms with Crippen LogP contribution in [0.25, 0.3) is 0 Å². The van der Waals surface area contributed by atoms with E-state index in [1.807, 2.05) is 13.0 Å². The minimum Gasteiger partial charge on any atom is -0.398 e. The molecule has 1 aromatic rings. The Morgan fingerprint density at radius 2 is 1.90 bits per heavy atom. The normalized spacial score (nSPS) is 13.2. The van der Waals surface area contributed by atoms with Gasteiger partial charge in [0.1, 0.15) is 0 Å². The standard InChI is InChI=1S/C14H21N3O2S/c1-9(7-15)8-17(5)20(18,19)14-11(3)10(2)6-13(16)12(14)4/h6,9H,8,16H2,1-5H3. The van der Waals surface area contributed by atoms with E-state index in [1.165, 1.54) is 11.4 Å². The molecular formula is C14H21N3O2S. The lowest BCUT2D eigenvalue weighted by Gasteiger charge is -2.22. The molecule has 110 valence electrons. The van der Waals surface area contributed by atoms with Crippen LogP contribution in [0.2, 0.25) is 0 Å². The zero-order chi connectivity index (χ0) is 15.7. The van der Waals surface area contributed by atoms with Crippen LogP contribution in [0.15, 0.2) is 11.0 Å². The molecule has 0 bridgehead atoms. The Hall–Kier alpha value is -1.58. The fraction of sp³-hybridized carbons (Fsp3) is 0.500. The Morgan fingerprint density at radius 1 is 1.35 bits per heavy atom. The Balaban J connectivity index is 3.41. The molecule has 1 unspecified atom stereocenters. The third-order valence-corrected chi connectivity index (χ3v) is 5.60. The van der Waals surface area contributed by atoms with Crippen LogP contribution >= 0.6 is 0 Å². The van der Waals surface area contributed by atoms with Crippen molar-refractivity contribution in [2.45, 2.75) is 32.6 Å². The van der Waals surface area contributed by atoms with Gasteiger partial charge in [0.05, 0.1) is 16.9 Å². The molecule has 1 rings (SSSR count). The Morgan fingerprint density at radius 3 is 2.40 bits per heavy atom. The number of benzene rings is 1. The number of nitriles is 1. The van der Waals surface area contributed by atoms with Crippen molar-refractivity contribution in [1.82, 2.24) is 4.31 Å². The van der Waals surface area contributed by atoms with E-state index in [4.69, 9.17) is 11.0 Å². The van der Waals surface area contributed by atoms with Crippen molar-refractivity contribution in [2.24, 2.45) is 5.92 Å². The van der Waals surface area contributed by atoms with Gasteiger partial charge < -0.3 is 5.73 Å². The van der Waals surface area contributed by atoms with Crippen LogP contribution in [0.5, 0.6) is 0 Å². The van der Waals surface area contributed by atoms with Crippen molar-refractivity contribution in [2.75, 3.05) is 19.3 Å². The summed E-state index contributed by atoms with van der Waals surface area (Å²) in [6, 6.07) is 3.82. The number of sulfonamides is 1. The summed E-state index contributed by atoms with van der Waals surface area (Å²) >= 11 is 0. The van der Waals surface area contributed by atoms with E-state index in [9.17, 15) is 8.42 Å². The summed E-state index contributed by atoms with van der Waals surface area (Å²) in [5, 5.41) is 8.83. The average molecular weight is 295 g/mol. The molecule has 20 heavy (non-hydrogen) atoms. The SMILES string of the molecule is Cc1cc(N)c(C)c(S(=O)(=O)N(C)CC(C)C#N)c1C. The molecule has 6 heteroatoms. The lowest BCUT2D eigenvalue weighted by molar-refractivity contribution is 0.438. The van der Waals surface area contributed by atoms with Crippen molar-refractivity contribution in [3.63, 3.8) is 0 Å². The number of anilines is 1. The van der Waals surface area contributed by atoms with E-state index in [0.717, 1.165) is 5.56 Å². The fourth-order valence-electron chi connectivity index (χ4n) is 2.11. The van der Waals surface area contributed by atoms with Crippen molar-refractivity contribution in [1.29, 1.82) is 5.26 Å². The van der Waals surface area contributed by atoms with Gasteiger partial charge in [0.15, 0.2) is 0 Å². The number of nitrogens with zero attached hydrogens (tertiary/aromatic N) is 2. The van der Waals surface area contributed by atoms with Gasteiger partial charge in [-0.3, -0.25) is 0 Å². The summed E-state index contributed by atoms with van der Waals surface area (Å²) in [6.07, 6.45) is 0. The Kier molecular flexibility index (Phi) is 4.79. The molecule has 2 N–H and O–H groups in total. The average Bonchev–Trinajstić information content (AvgIpc) is 2.36.